The molecule has 156 valence electrons. The first kappa shape index (κ1) is 22.1. The van der Waals surface area contributed by atoms with Gasteiger partial charge < -0.3 is 20.9 Å². The van der Waals surface area contributed by atoms with Gasteiger partial charge >= 0.3 is 0 Å². The van der Waals surface area contributed by atoms with Crippen LogP contribution in [0.3, 0.4) is 0 Å². The van der Waals surface area contributed by atoms with Crippen LogP contribution in [-0.4, -0.2) is 18.1 Å². The fourth-order valence-corrected chi connectivity index (χ4v) is 2.88. The summed E-state index contributed by atoms with van der Waals surface area (Å²) in [5.74, 6) is 6.47. The molecule has 0 bridgehead atoms. The number of methoxy groups -OCH3 is 1. The van der Waals surface area contributed by atoms with Crippen molar-refractivity contribution in [2.24, 2.45) is 11.6 Å². The molecular formula is C22H30N4O3. The summed E-state index contributed by atoms with van der Waals surface area (Å²) in [5, 5.41) is 14.2. The molecule has 2 aromatic carbocycles. The fraction of sp³-hybridized carbons (Fsp3) is 0.318. The monoisotopic (exact) mass is 398 g/mol. The van der Waals surface area contributed by atoms with Crippen molar-refractivity contribution >= 4 is 17.3 Å². The van der Waals surface area contributed by atoms with Gasteiger partial charge in [0.1, 0.15) is 17.2 Å². The number of ether oxygens (including phenoxy) is 1. The van der Waals surface area contributed by atoms with Gasteiger partial charge in [0.05, 0.1) is 18.5 Å². The lowest BCUT2D eigenvalue weighted by molar-refractivity contribution is -0.113. The Hall–Kier alpha value is -3.19. The third kappa shape index (κ3) is 5.00. The minimum atomic E-state index is -0.491. The van der Waals surface area contributed by atoms with E-state index in [1.54, 1.807) is 38.3 Å². The lowest BCUT2D eigenvalue weighted by Crippen LogP contribution is -2.34. The van der Waals surface area contributed by atoms with Gasteiger partial charge in [0.25, 0.3) is 5.91 Å². The maximum absolute atomic E-state index is 12.7. The first-order valence-corrected chi connectivity index (χ1v) is 9.26. The molecule has 0 fully saturated rings. The Morgan fingerprint density at radius 3 is 2.41 bits per heavy atom. The summed E-state index contributed by atoms with van der Waals surface area (Å²) in [6.07, 6.45) is 0. The summed E-state index contributed by atoms with van der Waals surface area (Å²) in [4.78, 5) is 12.7. The number of aromatic hydroxyl groups is 1. The lowest BCUT2D eigenvalue weighted by Gasteiger charge is -2.24. The van der Waals surface area contributed by atoms with E-state index >= 15 is 0 Å². The third-order valence-corrected chi connectivity index (χ3v) is 4.65. The molecule has 2 aromatic rings. The Morgan fingerprint density at radius 1 is 1.17 bits per heavy atom. The van der Waals surface area contributed by atoms with Crippen LogP contribution in [0.5, 0.6) is 11.5 Å². The zero-order valence-corrected chi connectivity index (χ0v) is 17.8. The summed E-state index contributed by atoms with van der Waals surface area (Å²) in [7, 11) is 1.55. The molecule has 0 aliphatic heterocycles. The van der Waals surface area contributed by atoms with Crippen LogP contribution in [0, 0.1) is 6.92 Å². The molecule has 1 amide bonds. The molecule has 0 aliphatic carbocycles. The molecule has 6 N–H and O–H groups in total. The van der Waals surface area contributed by atoms with Crippen molar-refractivity contribution in [3.8, 4) is 11.5 Å². The Kier molecular flexibility index (Phi) is 6.44. The van der Waals surface area contributed by atoms with Gasteiger partial charge in [-0.15, -0.1) is 0 Å². The first-order chi connectivity index (χ1) is 13.5. The molecule has 0 saturated heterocycles. The maximum atomic E-state index is 12.7. The first-order valence-electron chi connectivity index (χ1n) is 9.26. The van der Waals surface area contributed by atoms with E-state index in [1.807, 2.05) is 39.8 Å². The lowest BCUT2D eigenvalue weighted by atomic mass is 9.86. The number of carbonyl (C=O) groups is 1. The molecule has 0 saturated carbocycles. The zero-order valence-electron chi connectivity index (χ0n) is 17.8. The number of amides is 1. The summed E-state index contributed by atoms with van der Waals surface area (Å²) < 4.78 is 5.35. The van der Waals surface area contributed by atoms with Gasteiger partial charge in [-0.25, -0.2) is 5.84 Å². The number of benzene rings is 2. The number of aryl methyl sites for hydroxylation is 1. The number of carbonyl (C=O) groups excluding carboxylic acids is 1. The quantitative estimate of drug-likeness (QED) is 0.265. The topological polar surface area (TPSA) is 114 Å². The minimum absolute atomic E-state index is 0.0264. The second-order valence-electron chi connectivity index (χ2n) is 7.98. The van der Waals surface area contributed by atoms with E-state index in [1.165, 1.54) is 5.01 Å². The van der Waals surface area contributed by atoms with Gasteiger partial charge in [-0.1, -0.05) is 26.8 Å². The Morgan fingerprint density at radius 2 is 1.83 bits per heavy atom. The van der Waals surface area contributed by atoms with Crippen LogP contribution in [0.4, 0.5) is 11.4 Å². The zero-order chi connectivity index (χ0) is 21.9. The number of phenols is 1. The van der Waals surface area contributed by atoms with E-state index in [4.69, 9.17) is 16.3 Å². The summed E-state index contributed by atoms with van der Waals surface area (Å²) in [6.45, 7) is 9.53. The van der Waals surface area contributed by atoms with E-state index in [0.717, 1.165) is 11.1 Å². The average molecular weight is 399 g/mol. The number of nitrogens with zero attached hydrogens (tertiary/aromatic N) is 1. The number of allylic oxidation sites excluding steroid dienone is 1. The molecule has 7 nitrogen and oxygen atoms in total. The van der Waals surface area contributed by atoms with Gasteiger partial charge in [-0.2, -0.15) is 0 Å². The molecule has 2 rings (SSSR count). The summed E-state index contributed by atoms with van der Waals surface area (Å²) >= 11 is 0. The molecule has 0 heterocycles. The van der Waals surface area contributed by atoms with Crippen molar-refractivity contribution in [2.75, 3.05) is 17.4 Å². The van der Waals surface area contributed by atoms with Crippen molar-refractivity contribution in [1.82, 2.24) is 0 Å². The third-order valence-electron chi connectivity index (χ3n) is 4.65. The smallest absolute Gasteiger partial charge is 0.273 e. The Labute approximate surface area is 171 Å². The van der Waals surface area contributed by atoms with Crippen molar-refractivity contribution in [3.05, 3.63) is 58.9 Å². The van der Waals surface area contributed by atoms with Crippen molar-refractivity contribution in [2.45, 2.75) is 40.0 Å². The predicted molar refractivity (Wildman–Crippen MR) is 117 cm³/mol. The number of anilines is 2. The SMILES string of the molecule is COc1ccc(C)cc1N(N)/C(C)=C(\N)C(=O)Nc1ccc(O)c(C(C)(C)C)c1. The number of phenolic OH excluding ortho intramolecular Hbond substituents is 1. The molecule has 0 atom stereocenters. The Bertz CT molecular complexity index is 946. The van der Waals surface area contributed by atoms with Gasteiger partial charge in [-0.05, 0) is 55.2 Å². The van der Waals surface area contributed by atoms with Crippen LogP contribution in [0.15, 0.2) is 47.8 Å². The highest BCUT2D eigenvalue weighted by Crippen LogP contribution is 2.33. The van der Waals surface area contributed by atoms with E-state index in [2.05, 4.69) is 5.32 Å². The van der Waals surface area contributed by atoms with Crippen LogP contribution >= 0.6 is 0 Å². The molecule has 0 aromatic heterocycles. The summed E-state index contributed by atoms with van der Waals surface area (Å²) in [6, 6.07) is 10.5. The second-order valence-corrected chi connectivity index (χ2v) is 7.98. The molecule has 0 unspecified atom stereocenters. The van der Waals surface area contributed by atoms with Crippen LogP contribution in [0.25, 0.3) is 0 Å². The van der Waals surface area contributed by atoms with Gasteiger partial charge in [0.2, 0.25) is 0 Å². The van der Waals surface area contributed by atoms with Gasteiger partial charge in [0.15, 0.2) is 0 Å². The van der Waals surface area contributed by atoms with Crippen molar-refractivity contribution in [3.63, 3.8) is 0 Å². The van der Waals surface area contributed by atoms with Crippen LogP contribution in [0.1, 0.15) is 38.8 Å². The van der Waals surface area contributed by atoms with E-state index in [-0.39, 0.29) is 16.9 Å². The number of nitrogens with one attached hydrogen (secondary N) is 1. The number of hydrogen-bond donors (Lipinski definition) is 4. The fourth-order valence-electron chi connectivity index (χ4n) is 2.88. The molecule has 7 heteroatoms. The van der Waals surface area contributed by atoms with Crippen LogP contribution in [0.2, 0.25) is 0 Å². The average Bonchev–Trinajstić information content (AvgIpc) is 2.66. The number of rotatable bonds is 5. The molecule has 0 aliphatic rings. The second kappa shape index (κ2) is 8.45. The highest BCUT2D eigenvalue weighted by atomic mass is 16.5. The Balaban J connectivity index is 2.31. The van der Waals surface area contributed by atoms with Gasteiger partial charge in [-0.3, -0.25) is 9.80 Å². The minimum Gasteiger partial charge on any atom is -0.508 e. The van der Waals surface area contributed by atoms with Crippen LogP contribution in [-0.2, 0) is 10.2 Å². The van der Waals surface area contributed by atoms with E-state index in [9.17, 15) is 9.90 Å². The van der Waals surface area contributed by atoms with Crippen LogP contribution < -0.4 is 26.6 Å². The van der Waals surface area contributed by atoms with Crippen molar-refractivity contribution < 1.29 is 14.6 Å². The highest BCUT2D eigenvalue weighted by Gasteiger charge is 2.20. The largest absolute Gasteiger partial charge is 0.508 e. The number of hydrogen-bond acceptors (Lipinski definition) is 6. The summed E-state index contributed by atoms with van der Waals surface area (Å²) in [5.41, 5.74) is 9.00. The van der Waals surface area contributed by atoms with Crippen molar-refractivity contribution in [1.29, 1.82) is 0 Å². The highest BCUT2D eigenvalue weighted by molar-refractivity contribution is 6.04. The van der Waals surface area contributed by atoms with Gasteiger partial charge in [0, 0.05) is 11.3 Å². The number of hydrazine groups is 1. The molecule has 0 spiro atoms. The maximum Gasteiger partial charge on any atom is 0.273 e. The normalized spacial score (nSPS) is 12.2. The predicted octanol–water partition coefficient (Wildman–Crippen LogP) is 3.52. The van der Waals surface area contributed by atoms with E-state index < -0.39 is 5.91 Å². The van der Waals surface area contributed by atoms with E-state index in [0.29, 0.717) is 22.8 Å². The standard InChI is InChI=1S/C22H30N4O3/c1-13-7-10-19(29-6)17(11-13)26(24)14(2)20(23)21(28)25-15-8-9-18(27)16(12-15)22(3,4)5/h7-12,27H,23-24H2,1-6H3,(H,25,28)/b20-14-. The molecular weight excluding hydrogens is 368 g/mol. The molecule has 0 radical (unpaired) electrons. The number of nitrogens with two attached hydrogens (primary N) is 2. The molecule has 29 heavy (non-hydrogen) atoms.